The number of rotatable bonds is 9. The van der Waals surface area contributed by atoms with Gasteiger partial charge in [-0.25, -0.2) is 26.3 Å². The van der Waals surface area contributed by atoms with Gasteiger partial charge in [-0.3, -0.25) is 4.79 Å². The van der Waals surface area contributed by atoms with E-state index < -0.39 is 52.6 Å². The number of primary amides is 1. The van der Waals surface area contributed by atoms with Crippen molar-refractivity contribution in [3.05, 3.63) is 412 Å². The van der Waals surface area contributed by atoms with Gasteiger partial charge in [0.15, 0.2) is 11.6 Å². The smallest absolute Gasteiger partial charge is 0.378 e. The second kappa shape index (κ2) is 43.4. The number of benzene rings is 14. The van der Waals surface area contributed by atoms with Crippen LogP contribution in [-0.2, 0) is 44.1 Å². The number of nitrogens with zero attached hydrogens (tertiary/aromatic N) is 1. The Labute approximate surface area is 766 Å². The molecule has 0 aromatic heterocycles. The Kier molecular flexibility index (Phi) is 34.5. The molecule has 0 saturated heterocycles. The Morgan fingerprint density at radius 1 is 0.248 bits per heavy atom. The van der Waals surface area contributed by atoms with Gasteiger partial charge in [0.25, 0.3) is 0 Å². The monoisotopic (exact) mass is 1770 g/mol. The van der Waals surface area contributed by atoms with Crippen LogP contribution >= 0.6 is 11.6 Å². The molecule has 0 unspecified atom stereocenters. The van der Waals surface area contributed by atoms with Crippen molar-refractivity contribution in [2.75, 3.05) is 19.0 Å². The van der Waals surface area contributed by atoms with Gasteiger partial charge in [0.2, 0.25) is 5.91 Å². The van der Waals surface area contributed by atoms with Gasteiger partial charge >= 0.3 is 6.18 Å². The van der Waals surface area contributed by atoms with Crippen LogP contribution in [0.2, 0.25) is 5.02 Å². The van der Waals surface area contributed by atoms with E-state index in [1.165, 1.54) is 92.2 Å². The topological polar surface area (TPSA) is 46.3 Å². The lowest BCUT2D eigenvalue weighted by Crippen LogP contribution is -2.10. The third-order valence-corrected chi connectivity index (χ3v) is 22.1. The van der Waals surface area contributed by atoms with Gasteiger partial charge in [-0.2, -0.15) is 13.2 Å². The van der Waals surface area contributed by atoms with Crippen LogP contribution in [0.1, 0.15) is 200 Å². The van der Waals surface area contributed by atoms with E-state index in [-0.39, 0.29) is 37.9 Å². The number of carbonyl (C=O) groups excluding carboxylic acids is 1. The zero-order valence-electron chi connectivity index (χ0n) is 78.8. The van der Waals surface area contributed by atoms with Gasteiger partial charge in [-0.15, -0.1) is 0 Å². The normalized spacial score (nSPS) is 11.7. The van der Waals surface area contributed by atoms with Crippen LogP contribution < -0.4 is 10.6 Å². The number of hydrogen-bond acceptors (Lipinski definition) is 2. The maximum atomic E-state index is 13.6. The van der Waals surface area contributed by atoms with Crippen molar-refractivity contribution < 1.29 is 44.3 Å². The Morgan fingerprint density at radius 3 is 0.845 bits per heavy atom. The molecule has 3 nitrogen and oxygen atoms in total. The first-order chi connectivity index (χ1) is 60.0. The minimum atomic E-state index is -4.30. The molecule has 0 spiro atoms. The summed E-state index contributed by atoms with van der Waals surface area (Å²) in [6.45, 7) is 45.5. The molecule has 0 heterocycles. The maximum absolute atomic E-state index is 13.6. The molecule has 0 saturated carbocycles. The summed E-state index contributed by atoms with van der Waals surface area (Å²) in [5, 5.41) is 0.780. The highest BCUT2D eigenvalue weighted by Crippen LogP contribution is 2.38. The van der Waals surface area contributed by atoms with E-state index in [4.69, 9.17) is 17.3 Å². The summed E-state index contributed by atoms with van der Waals surface area (Å²) in [4.78, 5) is 13.2. The summed E-state index contributed by atoms with van der Waals surface area (Å²) < 4.78 is 117. The minimum Gasteiger partial charge on any atom is -0.378 e. The number of nitrogens with two attached hydrogens (primary N) is 1. The van der Waals surface area contributed by atoms with Crippen molar-refractivity contribution in [1.82, 2.24) is 0 Å². The standard InChI is InChI=1S/C18H23N.C17H17F3.C17H19NO.C16H17Cl.3C16H16F2/c1-18(2,3)16-11-9-14(10-12-16)15-7-6-8-17(13-15)19(4)5;1-16(2,3)14-9-7-12(8-10-14)13-5-4-6-15(11-13)17(18,19)20;1-17(2,3)15-10-8-13(9-11-15)12-4-6-14(7-5-12)16(18)19;1-16(2,3)14-9-7-12(8-10-14)13-5-4-6-15(17)11-13;1-16(2,3)13-7-4-11(5-8-13)12-6-9-14(17)15(18)10-12;1-16(2,3)13-6-4-11(5-7-13)12-8-14(17)10-15(18)9-12;1-16(2,3)12-6-4-11(5-7-12)14-10-13(17)8-9-15(14)18/h6-13H,1-5H3;4-11H,1-3H3;4-11H,1-3H3,(H2,18,19);4-11H,1-3H3;3*4-10H,1-3H3. The lowest BCUT2D eigenvalue weighted by Gasteiger charge is -2.19. The van der Waals surface area contributed by atoms with Crippen molar-refractivity contribution >= 4 is 23.2 Å². The molecule has 0 radical (unpaired) electrons. The van der Waals surface area contributed by atoms with Crippen LogP contribution in [0.3, 0.4) is 0 Å². The predicted octanol–water partition coefficient (Wildman–Crippen LogP) is 34.2. The molecule has 13 heteroatoms. The van der Waals surface area contributed by atoms with Crippen LogP contribution in [-0.4, -0.2) is 20.0 Å². The van der Waals surface area contributed by atoms with Gasteiger partial charge in [-0.1, -0.05) is 381 Å². The molecule has 674 valence electrons. The van der Waals surface area contributed by atoms with Gasteiger partial charge in [0.05, 0.1) is 5.56 Å². The van der Waals surface area contributed by atoms with E-state index in [0.717, 1.165) is 74.3 Å². The Hall–Kier alpha value is -12.0. The summed E-state index contributed by atoms with van der Waals surface area (Å²) in [6, 6.07) is 97.5. The molecule has 0 aliphatic rings. The molecule has 14 aromatic rings. The van der Waals surface area contributed by atoms with E-state index in [0.29, 0.717) is 33.4 Å². The number of amides is 1. The molecule has 0 aliphatic heterocycles. The third-order valence-electron chi connectivity index (χ3n) is 21.8. The van der Waals surface area contributed by atoms with E-state index in [1.54, 1.807) is 24.3 Å². The SMILES string of the molecule is CC(C)(C)c1ccc(-c2cc(F)cc(F)c2)cc1.CC(C)(C)c1ccc(-c2cc(F)ccc2F)cc1.CC(C)(C)c1ccc(-c2ccc(C(N)=O)cc2)cc1.CC(C)(C)c1ccc(-c2ccc(F)c(F)c2)cc1.CC(C)(C)c1ccc(-c2cccc(C(F)(F)F)c2)cc1.CC(C)(C)c1ccc(-c2cccc(Cl)c2)cc1.CN(C)c1cccc(-c2ccc(C(C)(C)C)cc2)c1. The first-order valence-electron chi connectivity index (χ1n) is 43.2. The lowest BCUT2D eigenvalue weighted by atomic mass is 9.86. The average Bonchev–Trinajstić information content (AvgIpc) is 0.827. The summed E-state index contributed by atoms with van der Waals surface area (Å²) in [5.41, 5.74) is 28.5. The summed E-state index contributed by atoms with van der Waals surface area (Å²) in [6.07, 6.45) is -4.30. The van der Waals surface area contributed by atoms with Crippen molar-refractivity contribution in [1.29, 1.82) is 0 Å². The number of alkyl halides is 3. The Balaban J connectivity index is 0.000000186. The lowest BCUT2D eigenvalue weighted by molar-refractivity contribution is -0.137. The largest absolute Gasteiger partial charge is 0.416 e. The van der Waals surface area contributed by atoms with Gasteiger partial charge < -0.3 is 10.6 Å². The molecule has 14 aromatic carbocycles. The fraction of sp³-hybridized carbons (Fsp3) is 0.267. The van der Waals surface area contributed by atoms with Crippen molar-refractivity contribution in [3.63, 3.8) is 0 Å². The third kappa shape index (κ3) is 31.2. The van der Waals surface area contributed by atoms with Gasteiger partial charge in [0.1, 0.15) is 23.3 Å². The van der Waals surface area contributed by atoms with Gasteiger partial charge in [-0.05, 0) is 240 Å². The van der Waals surface area contributed by atoms with Crippen LogP contribution in [0.5, 0.6) is 0 Å². The molecule has 2 N–H and O–H groups in total. The molecule has 129 heavy (non-hydrogen) atoms. The summed E-state index contributed by atoms with van der Waals surface area (Å²) >= 11 is 6.00. The highest BCUT2D eigenvalue weighted by atomic mass is 35.5. The Morgan fingerprint density at radius 2 is 0.527 bits per heavy atom. The van der Waals surface area contributed by atoms with E-state index in [1.807, 2.05) is 127 Å². The Bertz CT molecular complexity index is 5930. The van der Waals surface area contributed by atoms with Crippen LogP contribution in [0, 0.1) is 34.9 Å². The molecule has 1 amide bonds. The number of hydrogen-bond donors (Lipinski definition) is 1. The van der Waals surface area contributed by atoms with E-state index in [9.17, 15) is 44.3 Å². The quantitative estimate of drug-likeness (QED) is 0.146. The number of anilines is 1. The first-order valence-corrected chi connectivity index (χ1v) is 43.6. The fourth-order valence-electron chi connectivity index (χ4n) is 13.6. The second-order valence-corrected chi connectivity index (χ2v) is 40.1. The van der Waals surface area contributed by atoms with Crippen molar-refractivity contribution in [2.45, 2.75) is 189 Å². The molecular weight excluding hydrogens is 1640 g/mol. The van der Waals surface area contributed by atoms with Gasteiger partial charge in [0, 0.05) is 42.0 Å². The summed E-state index contributed by atoms with van der Waals surface area (Å²) in [7, 11) is 4.14. The highest BCUT2D eigenvalue weighted by molar-refractivity contribution is 6.30. The second-order valence-electron chi connectivity index (χ2n) is 39.7. The fourth-order valence-corrected chi connectivity index (χ4v) is 13.8. The number of halogens is 10. The summed E-state index contributed by atoms with van der Waals surface area (Å²) in [5.74, 6) is -3.95. The van der Waals surface area contributed by atoms with Crippen LogP contribution in [0.15, 0.2) is 322 Å². The average molecular weight is 1770 g/mol. The molecule has 14 rings (SSSR count). The molecule has 0 bridgehead atoms. The molecule has 0 atom stereocenters. The molecule has 0 fully saturated rings. The van der Waals surface area contributed by atoms with Crippen LogP contribution in [0.4, 0.5) is 45.2 Å². The minimum absolute atomic E-state index is 0.0341. The zero-order valence-corrected chi connectivity index (χ0v) is 79.6. The molecular formula is C116H124ClF9N2O. The first kappa shape index (κ1) is 102. The van der Waals surface area contributed by atoms with Crippen molar-refractivity contribution in [2.24, 2.45) is 5.73 Å². The number of carbonyl (C=O) groups is 1. The predicted molar refractivity (Wildman–Crippen MR) is 527 cm³/mol. The highest BCUT2D eigenvalue weighted by Gasteiger charge is 2.31. The van der Waals surface area contributed by atoms with Crippen LogP contribution in [0.25, 0.3) is 77.9 Å². The van der Waals surface area contributed by atoms with Crippen molar-refractivity contribution in [3.8, 4) is 77.9 Å². The maximum Gasteiger partial charge on any atom is 0.416 e. The van der Waals surface area contributed by atoms with E-state index >= 15 is 0 Å². The van der Waals surface area contributed by atoms with E-state index in [2.05, 4.69) is 268 Å². The zero-order chi connectivity index (χ0) is 95.5. The molecule has 0 aliphatic carbocycles.